The van der Waals surface area contributed by atoms with E-state index in [1.807, 2.05) is 6.07 Å². The molecule has 0 radical (unpaired) electrons. The first-order valence-electron chi connectivity index (χ1n) is 7.25. The largest absolute Gasteiger partial charge is 0.273 e. The van der Waals surface area contributed by atoms with Crippen LogP contribution in [0, 0.1) is 23.2 Å². The number of rotatable bonds is 2. The molecular weight excluding hydrogens is 224 g/mol. The zero-order chi connectivity index (χ0) is 12.2. The molecule has 0 unspecified atom stereocenters. The Hall–Kier alpha value is -1.12. The van der Waals surface area contributed by atoms with E-state index in [1.165, 1.54) is 43.2 Å². The Morgan fingerprint density at radius 3 is 2.28 bits per heavy atom. The first kappa shape index (κ1) is 10.8. The number of carbonyl (C=O) groups excluding carboxylic acids is 1. The van der Waals surface area contributed by atoms with Gasteiger partial charge < -0.3 is 0 Å². The van der Waals surface area contributed by atoms with Crippen LogP contribution >= 0.6 is 0 Å². The van der Waals surface area contributed by atoms with Crippen LogP contribution in [0.3, 0.4) is 0 Å². The number of hydrogen-bond donors (Lipinski definition) is 0. The van der Waals surface area contributed by atoms with Crippen LogP contribution in [0.25, 0.3) is 0 Å². The highest BCUT2D eigenvalue weighted by atomic mass is 16.2. The van der Waals surface area contributed by atoms with Crippen molar-refractivity contribution in [2.75, 3.05) is 0 Å². The Labute approximate surface area is 108 Å². The molecule has 0 aromatic carbocycles. The maximum atomic E-state index is 12.3. The quantitative estimate of drug-likeness (QED) is 0.801. The average Bonchev–Trinajstić information content (AvgIpc) is 2.79. The highest BCUT2D eigenvalue weighted by molar-refractivity contribution is 5.78. The van der Waals surface area contributed by atoms with Crippen LogP contribution in [-0.2, 0) is 0 Å². The minimum atomic E-state index is 0.196. The van der Waals surface area contributed by atoms with E-state index in [0.29, 0.717) is 5.41 Å². The second-order valence-corrected chi connectivity index (χ2v) is 6.94. The van der Waals surface area contributed by atoms with Gasteiger partial charge in [0.25, 0.3) is 0 Å². The van der Waals surface area contributed by atoms with Gasteiger partial charge >= 0.3 is 0 Å². The molecule has 0 saturated heterocycles. The van der Waals surface area contributed by atoms with Gasteiger partial charge in [0, 0.05) is 18.8 Å². The van der Waals surface area contributed by atoms with Gasteiger partial charge in [0.15, 0.2) is 0 Å². The second-order valence-electron chi connectivity index (χ2n) is 6.94. The minimum absolute atomic E-state index is 0.196. The molecule has 96 valence electrons. The van der Waals surface area contributed by atoms with Crippen LogP contribution in [0.15, 0.2) is 18.5 Å². The summed E-state index contributed by atoms with van der Waals surface area (Å²) < 4.78 is 1.53. The van der Waals surface area contributed by atoms with Crippen LogP contribution < -0.4 is 0 Å². The summed E-state index contributed by atoms with van der Waals surface area (Å²) in [6.45, 7) is 0. The zero-order valence-corrected chi connectivity index (χ0v) is 10.7. The van der Waals surface area contributed by atoms with Gasteiger partial charge in [0.05, 0.1) is 0 Å². The fraction of sp³-hybridized carbons (Fsp3) is 0.733. The highest BCUT2D eigenvalue weighted by Crippen LogP contribution is 2.61. The van der Waals surface area contributed by atoms with Gasteiger partial charge in [0.2, 0.25) is 5.91 Å². The van der Waals surface area contributed by atoms with Crippen molar-refractivity contribution in [1.82, 2.24) is 9.78 Å². The molecule has 4 bridgehead atoms. The maximum absolute atomic E-state index is 12.3. The Kier molecular flexibility index (Phi) is 2.21. The number of hydrogen-bond acceptors (Lipinski definition) is 2. The molecule has 18 heavy (non-hydrogen) atoms. The van der Waals surface area contributed by atoms with Crippen molar-refractivity contribution in [3.63, 3.8) is 0 Å². The Balaban J connectivity index is 1.56. The van der Waals surface area contributed by atoms with Gasteiger partial charge in [-0.2, -0.15) is 5.10 Å². The van der Waals surface area contributed by atoms with Gasteiger partial charge in [-0.1, -0.05) is 0 Å². The SMILES string of the molecule is O=C(CC12CC3CC(CC(C3)C1)C2)n1cccn1. The average molecular weight is 244 g/mol. The van der Waals surface area contributed by atoms with Gasteiger partial charge in [-0.3, -0.25) is 4.79 Å². The molecule has 0 N–H and O–H groups in total. The van der Waals surface area contributed by atoms with Crippen LogP contribution in [0.2, 0.25) is 0 Å². The summed E-state index contributed by atoms with van der Waals surface area (Å²) in [6.07, 6.45) is 12.4. The molecule has 0 spiro atoms. The van der Waals surface area contributed by atoms with E-state index < -0.39 is 0 Å². The molecule has 0 amide bonds. The number of nitrogens with zero attached hydrogens (tertiary/aromatic N) is 2. The fourth-order valence-electron chi connectivity index (χ4n) is 5.32. The first-order chi connectivity index (χ1) is 8.72. The third-order valence-corrected chi connectivity index (χ3v) is 5.45. The lowest BCUT2D eigenvalue weighted by Gasteiger charge is -2.56. The molecule has 1 aromatic heterocycles. The summed E-state index contributed by atoms with van der Waals surface area (Å²) in [7, 11) is 0. The van der Waals surface area contributed by atoms with Gasteiger partial charge in [-0.05, 0) is 67.8 Å². The predicted molar refractivity (Wildman–Crippen MR) is 68.1 cm³/mol. The predicted octanol–water partition coefficient (Wildman–Crippen LogP) is 3.13. The summed E-state index contributed by atoms with van der Waals surface area (Å²) in [5.74, 6) is 2.95. The molecule has 4 fully saturated rings. The van der Waals surface area contributed by atoms with E-state index in [1.54, 1.807) is 12.4 Å². The molecule has 0 atom stereocenters. The van der Waals surface area contributed by atoms with Crippen molar-refractivity contribution in [2.24, 2.45) is 23.2 Å². The molecule has 1 aromatic rings. The summed E-state index contributed by atoms with van der Waals surface area (Å²) in [4.78, 5) is 12.3. The normalized spacial score (nSPS) is 41.2. The van der Waals surface area contributed by atoms with Crippen LogP contribution in [0.4, 0.5) is 0 Å². The Morgan fingerprint density at radius 1 is 1.17 bits per heavy atom. The molecular formula is C15H20N2O. The summed E-state index contributed by atoms with van der Waals surface area (Å²) >= 11 is 0. The van der Waals surface area contributed by atoms with Crippen LogP contribution in [-0.4, -0.2) is 15.7 Å². The minimum Gasteiger partial charge on any atom is -0.273 e. The Bertz CT molecular complexity index is 428. The summed E-state index contributed by atoms with van der Waals surface area (Å²) in [6, 6.07) is 1.83. The third kappa shape index (κ3) is 1.63. The van der Waals surface area contributed by atoms with E-state index in [4.69, 9.17) is 0 Å². The molecule has 4 aliphatic rings. The summed E-state index contributed by atoms with van der Waals surface area (Å²) in [5.41, 5.74) is 0.331. The zero-order valence-electron chi connectivity index (χ0n) is 10.7. The van der Waals surface area contributed by atoms with Gasteiger partial charge in [-0.25, -0.2) is 4.68 Å². The van der Waals surface area contributed by atoms with Gasteiger partial charge in [0.1, 0.15) is 0 Å². The van der Waals surface area contributed by atoms with Crippen molar-refractivity contribution >= 4 is 5.91 Å². The topological polar surface area (TPSA) is 34.9 Å². The van der Waals surface area contributed by atoms with E-state index in [2.05, 4.69) is 5.10 Å². The number of carbonyl (C=O) groups is 1. The van der Waals surface area contributed by atoms with Crippen molar-refractivity contribution in [2.45, 2.75) is 44.9 Å². The Morgan fingerprint density at radius 2 is 1.78 bits per heavy atom. The highest BCUT2D eigenvalue weighted by Gasteiger charge is 2.51. The standard InChI is InChI=1S/C15H20N2O/c18-14(17-3-1-2-16-17)10-15-7-11-4-12(8-15)6-13(5-11)9-15/h1-3,11-13H,4-10H2. The van der Waals surface area contributed by atoms with Crippen molar-refractivity contribution < 1.29 is 4.79 Å². The third-order valence-electron chi connectivity index (χ3n) is 5.45. The smallest absolute Gasteiger partial charge is 0.247 e. The molecule has 1 heterocycles. The molecule has 3 heteroatoms. The van der Waals surface area contributed by atoms with Gasteiger partial charge in [-0.15, -0.1) is 0 Å². The molecule has 4 saturated carbocycles. The lowest BCUT2D eigenvalue weighted by Crippen LogP contribution is -2.47. The molecule has 4 aliphatic carbocycles. The van der Waals surface area contributed by atoms with Crippen LogP contribution in [0.1, 0.15) is 49.7 Å². The molecule has 0 aliphatic heterocycles. The molecule has 3 nitrogen and oxygen atoms in total. The summed E-state index contributed by atoms with van der Waals surface area (Å²) in [5, 5.41) is 4.08. The molecule has 5 rings (SSSR count). The monoisotopic (exact) mass is 244 g/mol. The van der Waals surface area contributed by atoms with Crippen molar-refractivity contribution in [3.8, 4) is 0 Å². The number of aromatic nitrogens is 2. The lowest BCUT2D eigenvalue weighted by molar-refractivity contribution is -0.0536. The van der Waals surface area contributed by atoms with E-state index >= 15 is 0 Å². The lowest BCUT2D eigenvalue weighted by atomic mass is 9.49. The van der Waals surface area contributed by atoms with E-state index in [0.717, 1.165) is 24.2 Å². The first-order valence-corrected chi connectivity index (χ1v) is 7.25. The van der Waals surface area contributed by atoms with Crippen LogP contribution in [0.5, 0.6) is 0 Å². The van der Waals surface area contributed by atoms with Crippen molar-refractivity contribution in [1.29, 1.82) is 0 Å². The van der Waals surface area contributed by atoms with E-state index in [-0.39, 0.29) is 5.91 Å². The fourth-order valence-corrected chi connectivity index (χ4v) is 5.32. The maximum Gasteiger partial charge on any atom is 0.247 e. The van der Waals surface area contributed by atoms with E-state index in [9.17, 15) is 4.79 Å². The van der Waals surface area contributed by atoms with Crippen molar-refractivity contribution in [3.05, 3.63) is 18.5 Å². The second kappa shape index (κ2) is 3.69.